The highest BCUT2D eigenvalue weighted by molar-refractivity contribution is 6.44. The lowest BCUT2D eigenvalue weighted by Crippen LogP contribution is -1.89. The lowest BCUT2D eigenvalue weighted by atomic mass is 10.2. The number of benzene rings is 1. The first-order chi connectivity index (χ1) is 5.61. The fraction of sp³-hybridized carbons (Fsp3) is 0.143. The van der Waals surface area contributed by atoms with Crippen molar-refractivity contribution in [3.8, 4) is 0 Å². The average Bonchev–Trinajstić information content (AvgIpc) is 2.04. The van der Waals surface area contributed by atoms with E-state index in [0.717, 1.165) is 0 Å². The van der Waals surface area contributed by atoms with Gasteiger partial charge in [0.05, 0.1) is 4.92 Å². The molecule has 0 saturated carbocycles. The highest BCUT2D eigenvalue weighted by Gasteiger charge is 2.09. The van der Waals surface area contributed by atoms with E-state index in [1.54, 1.807) is 12.1 Å². The summed E-state index contributed by atoms with van der Waals surface area (Å²) in [6.07, 6.45) is 0. The molecule has 0 fully saturated rings. The van der Waals surface area contributed by atoms with Crippen LogP contribution in [-0.2, 0) is 0 Å². The minimum absolute atomic E-state index is 0.00111. The quantitative estimate of drug-likeness (QED) is 0.424. The number of alkyl halides is 2. The number of nitro groups is 1. The summed E-state index contributed by atoms with van der Waals surface area (Å²) >= 11 is 11.0. The minimum atomic E-state index is -0.718. The molecule has 0 atom stereocenters. The van der Waals surface area contributed by atoms with Crippen molar-refractivity contribution in [1.82, 2.24) is 0 Å². The third-order valence-corrected chi connectivity index (χ3v) is 1.84. The van der Waals surface area contributed by atoms with E-state index in [0.29, 0.717) is 5.56 Å². The number of nitro benzene ring substituents is 1. The molecular weight excluding hydrogens is 201 g/mol. The number of hydrogen-bond acceptors (Lipinski definition) is 2. The monoisotopic (exact) mass is 205 g/mol. The number of rotatable bonds is 2. The predicted molar refractivity (Wildman–Crippen MR) is 47.5 cm³/mol. The average molecular weight is 206 g/mol. The van der Waals surface area contributed by atoms with Gasteiger partial charge in [0.2, 0.25) is 0 Å². The van der Waals surface area contributed by atoms with Crippen molar-refractivity contribution in [2.45, 2.75) is 4.84 Å². The summed E-state index contributed by atoms with van der Waals surface area (Å²) in [4.78, 5) is 9.09. The van der Waals surface area contributed by atoms with Gasteiger partial charge in [-0.05, 0) is 5.56 Å². The second-order valence-corrected chi connectivity index (χ2v) is 3.25. The normalized spacial score (nSPS) is 10.2. The van der Waals surface area contributed by atoms with Crippen LogP contribution in [0, 0.1) is 10.1 Å². The predicted octanol–water partition coefficient (Wildman–Crippen LogP) is 3.07. The van der Waals surface area contributed by atoms with Gasteiger partial charge in [-0.1, -0.05) is 12.1 Å². The zero-order valence-corrected chi connectivity index (χ0v) is 7.42. The van der Waals surface area contributed by atoms with Gasteiger partial charge in [-0.3, -0.25) is 10.1 Å². The van der Waals surface area contributed by atoms with Crippen LogP contribution in [0.3, 0.4) is 0 Å². The molecule has 1 rings (SSSR count). The third kappa shape index (κ3) is 2.09. The molecular formula is C7H5Cl2NO2. The second kappa shape index (κ2) is 3.74. The van der Waals surface area contributed by atoms with Gasteiger partial charge < -0.3 is 0 Å². The largest absolute Gasteiger partial charge is 0.269 e. The molecule has 0 spiro atoms. The van der Waals surface area contributed by atoms with Gasteiger partial charge in [-0.15, -0.1) is 23.2 Å². The van der Waals surface area contributed by atoms with E-state index in [1.807, 2.05) is 0 Å². The van der Waals surface area contributed by atoms with E-state index in [1.165, 1.54) is 12.1 Å². The maximum absolute atomic E-state index is 10.3. The van der Waals surface area contributed by atoms with Crippen molar-refractivity contribution in [1.29, 1.82) is 0 Å². The molecule has 0 aliphatic rings. The maximum atomic E-state index is 10.3. The van der Waals surface area contributed by atoms with Crippen LogP contribution in [0.25, 0.3) is 0 Å². The van der Waals surface area contributed by atoms with Gasteiger partial charge in [0.15, 0.2) is 0 Å². The van der Waals surface area contributed by atoms with Gasteiger partial charge >= 0.3 is 0 Å². The zero-order valence-electron chi connectivity index (χ0n) is 5.91. The van der Waals surface area contributed by atoms with E-state index in [2.05, 4.69) is 0 Å². The fourth-order valence-electron chi connectivity index (χ4n) is 0.774. The molecule has 0 unspecified atom stereocenters. The molecule has 0 N–H and O–H groups in total. The fourth-order valence-corrected chi connectivity index (χ4v) is 1.05. The smallest absolute Gasteiger partial charge is 0.258 e. The van der Waals surface area contributed by atoms with Crippen LogP contribution in [0.15, 0.2) is 24.3 Å². The Balaban J connectivity index is 3.04. The maximum Gasteiger partial charge on any atom is 0.269 e. The Morgan fingerprint density at radius 2 is 2.08 bits per heavy atom. The molecule has 64 valence electrons. The molecule has 1 aromatic carbocycles. The van der Waals surface area contributed by atoms with Gasteiger partial charge in [0, 0.05) is 12.1 Å². The van der Waals surface area contributed by atoms with Crippen molar-refractivity contribution in [2.75, 3.05) is 0 Å². The van der Waals surface area contributed by atoms with Crippen LogP contribution < -0.4 is 0 Å². The molecule has 0 aliphatic carbocycles. The van der Waals surface area contributed by atoms with Crippen molar-refractivity contribution >= 4 is 28.9 Å². The molecule has 5 heteroatoms. The number of hydrogen-bond donors (Lipinski definition) is 0. The van der Waals surface area contributed by atoms with Crippen molar-refractivity contribution in [3.05, 3.63) is 39.9 Å². The Morgan fingerprint density at radius 3 is 2.58 bits per heavy atom. The summed E-state index contributed by atoms with van der Waals surface area (Å²) < 4.78 is 0. The van der Waals surface area contributed by atoms with Gasteiger partial charge in [0.25, 0.3) is 5.69 Å². The topological polar surface area (TPSA) is 43.1 Å². The standard InChI is InChI=1S/C7H5Cl2NO2/c8-7(9)5-2-1-3-6(4-5)10(11)12/h1-4,7H. The molecule has 0 heterocycles. The first kappa shape index (κ1) is 9.29. The summed E-state index contributed by atoms with van der Waals surface area (Å²) in [6, 6.07) is 5.92. The van der Waals surface area contributed by atoms with E-state index in [9.17, 15) is 10.1 Å². The zero-order chi connectivity index (χ0) is 9.14. The first-order valence-electron chi connectivity index (χ1n) is 3.14. The van der Waals surface area contributed by atoms with Gasteiger partial charge in [-0.25, -0.2) is 0 Å². The Hall–Kier alpha value is -0.800. The van der Waals surface area contributed by atoms with Crippen molar-refractivity contribution in [2.24, 2.45) is 0 Å². The summed E-state index contributed by atoms with van der Waals surface area (Å²) in [5.74, 6) is 0. The molecule has 0 saturated heterocycles. The summed E-state index contributed by atoms with van der Waals surface area (Å²) in [5, 5.41) is 10.3. The Bertz CT molecular complexity index is 301. The first-order valence-corrected chi connectivity index (χ1v) is 4.01. The minimum Gasteiger partial charge on any atom is -0.258 e. The summed E-state index contributed by atoms with van der Waals surface area (Å²) in [5.41, 5.74) is 0.534. The lowest BCUT2D eigenvalue weighted by molar-refractivity contribution is -0.384. The highest BCUT2D eigenvalue weighted by atomic mass is 35.5. The molecule has 3 nitrogen and oxygen atoms in total. The van der Waals surface area contributed by atoms with Crippen LogP contribution in [0.4, 0.5) is 5.69 Å². The molecule has 0 bridgehead atoms. The van der Waals surface area contributed by atoms with Gasteiger partial charge in [0.1, 0.15) is 4.84 Å². The molecule has 1 aromatic rings. The molecule has 12 heavy (non-hydrogen) atoms. The number of halogens is 2. The number of nitrogens with zero attached hydrogens (tertiary/aromatic N) is 1. The third-order valence-electron chi connectivity index (χ3n) is 1.33. The van der Waals surface area contributed by atoms with Crippen LogP contribution in [-0.4, -0.2) is 4.92 Å². The molecule has 0 aromatic heterocycles. The van der Waals surface area contributed by atoms with Crippen LogP contribution in [0.2, 0.25) is 0 Å². The van der Waals surface area contributed by atoms with Crippen molar-refractivity contribution < 1.29 is 4.92 Å². The number of non-ortho nitro benzene ring substituents is 1. The van der Waals surface area contributed by atoms with E-state index >= 15 is 0 Å². The van der Waals surface area contributed by atoms with E-state index < -0.39 is 9.76 Å². The SMILES string of the molecule is O=[N+]([O-])c1cccc(C(Cl)Cl)c1. The Labute approximate surface area is 79.1 Å². The van der Waals surface area contributed by atoms with Crippen molar-refractivity contribution in [3.63, 3.8) is 0 Å². The highest BCUT2D eigenvalue weighted by Crippen LogP contribution is 2.26. The Kier molecular flexibility index (Phi) is 2.89. The van der Waals surface area contributed by atoms with Crippen LogP contribution in [0.1, 0.15) is 10.4 Å². The van der Waals surface area contributed by atoms with Gasteiger partial charge in [-0.2, -0.15) is 0 Å². The molecule has 0 radical (unpaired) electrons. The lowest BCUT2D eigenvalue weighted by Gasteiger charge is -1.99. The second-order valence-electron chi connectivity index (χ2n) is 2.15. The summed E-state index contributed by atoms with van der Waals surface area (Å²) in [7, 11) is 0. The Morgan fingerprint density at radius 1 is 1.42 bits per heavy atom. The van der Waals surface area contributed by atoms with Crippen LogP contribution in [0.5, 0.6) is 0 Å². The van der Waals surface area contributed by atoms with E-state index in [4.69, 9.17) is 23.2 Å². The summed E-state index contributed by atoms with van der Waals surface area (Å²) in [6.45, 7) is 0. The molecule has 0 amide bonds. The van der Waals surface area contributed by atoms with E-state index in [-0.39, 0.29) is 5.69 Å². The molecule has 0 aliphatic heterocycles. The van der Waals surface area contributed by atoms with Crippen LogP contribution >= 0.6 is 23.2 Å².